The molecule has 182 valence electrons. The van der Waals surface area contributed by atoms with Crippen molar-refractivity contribution in [1.29, 1.82) is 0 Å². The molecule has 2 aromatic carbocycles. The second-order valence-corrected chi connectivity index (χ2v) is 7.53. The number of hydrogen-bond donors (Lipinski definition) is 1. The monoisotopic (exact) mass is 514 g/mol. The van der Waals surface area contributed by atoms with Crippen molar-refractivity contribution in [2.24, 2.45) is 0 Å². The number of rotatable bonds is 4. The maximum atomic E-state index is 13.9. The second kappa shape index (κ2) is 8.77. The molecule has 0 radical (unpaired) electrons. The molecule has 6 nitrogen and oxygen atoms in total. The molecule has 0 aliphatic carbocycles. The van der Waals surface area contributed by atoms with E-state index in [-0.39, 0.29) is 11.3 Å². The van der Waals surface area contributed by atoms with Crippen molar-refractivity contribution in [2.75, 3.05) is 12.4 Å². The highest BCUT2D eigenvalue weighted by Crippen LogP contribution is 2.37. The zero-order chi connectivity index (χ0) is 25.5. The average molecular weight is 515 g/mol. The van der Waals surface area contributed by atoms with Crippen LogP contribution in [0.5, 0.6) is 5.75 Å². The van der Waals surface area contributed by atoms with Gasteiger partial charge in [0.15, 0.2) is 17.0 Å². The topological polar surface area (TPSA) is 68.5 Å². The fourth-order valence-electron chi connectivity index (χ4n) is 3.29. The van der Waals surface area contributed by atoms with Crippen LogP contribution in [0.25, 0.3) is 16.9 Å². The lowest BCUT2D eigenvalue weighted by Crippen LogP contribution is -2.18. The van der Waals surface area contributed by atoms with Crippen LogP contribution in [-0.2, 0) is 12.4 Å². The van der Waals surface area contributed by atoms with E-state index in [1.54, 1.807) is 12.1 Å². The van der Waals surface area contributed by atoms with Crippen LogP contribution in [0.2, 0.25) is 5.02 Å². The van der Waals surface area contributed by atoms with Crippen molar-refractivity contribution >= 4 is 28.8 Å². The predicted molar refractivity (Wildman–Crippen MR) is 114 cm³/mol. The van der Waals surface area contributed by atoms with Gasteiger partial charge in [0.05, 0.1) is 24.1 Å². The minimum Gasteiger partial charge on any atom is -0.497 e. The molecule has 0 saturated heterocycles. The highest BCUT2D eigenvalue weighted by atomic mass is 35.5. The first-order valence-electron chi connectivity index (χ1n) is 9.68. The van der Waals surface area contributed by atoms with Gasteiger partial charge in [0.2, 0.25) is 0 Å². The summed E-state index contributed by atoms with van der Waals surface area (Å²) in [6.07, 6.45) is -9.72. The van der Waals surface area contributed by atoms with E-state index in [0.29, 0.717) is 16.3 Å². The summed E-state index contributed by atoms with van der Waals surface area (Å²) in [4.78, 5) is 16.8. The van der Waals surface area contributed by atoms with E-state index < -0.39 is 51.6 Å². The first-order valence-corrected chi connectivity index (χ1v) is 10.1. The fourth-order valence-corrected chi connectivity index (χ4v) is 3.54. The van der Waals surface area contributed by atoms with Gasteiger partial charge in [-0.25, -0.2) is 9.50 Å². The van der Waals surface area contributed by atoms with Crippen molar-refractivity contribution < 1.29 is 35.9 Å². The number of methoxy groups -OCH3 is 1. The molecule has 0 spiro atoms. The lowest BCUT2D eigenvalue weighted by Gasteiger charge is -2.12. The number of fused-ring (bicyclic) bond motifs is 1. The average Bonchev–Trinajstić information content (AvgIpc) is 3.14. The van der Waals surface area contributed by atoms with E-state index >= 15 is 0 Å². The molecule has 2 aromatic heterocycles. The van der Waals surface area contributed by atoms with Crippen molar-refractivity contribution in [3.8, 4) is 17.0 Å². The third-order valence-electron chi connectivity index (χ3n) is 4.88. The summed E-state index contributed by atoms with van der Waals surface area (Å²) >= 11 is 6.17. The summed E-state index contributed by atoms with van der Waals surface area (Å²) < 4.78 is 86.7. The van der Waals surface area contributed by atoms with Gasteiger partial charge in [0, 0.05) is 5.56 Å². The first kappa shape index (κ1) is 24.3. The fraction of sp³-hybridized carbons (Fsp3) is 0.136. The number of para-hydroxylation sites is 1. The Kier molecular flexibility index (Phi) is 6.09. The summed E-state index contributed by atoms with van der Waals surface area (Å²) in [5, 5.41) is 5.06. The summed E-state index contributed by atoms with van der Waals surface area (Å²) in [7, 11) is 1.38. The molecule has 1 amide bonds. The van der Waals surface area contributed by atoms with E-state index in [1.165, 1.54) is 25.3 Å². The molecule has 0 fully saturated rings. The first-order chi connectivity index (χ1) is 16.4. The Labute approximate surface area is 198 Å². The molecule has 35 heavy (non-hydrogen) atoms. The summed E-state index contributed by atoms with van der Waals surface area (Å²) in [6.45, 7) is 0. The standard InChI is InChI=1S/C22H13ClF6N4O2/c1-35-12-6-4-5-11(9-12)15-10-16(22(27,28)29)33-19(30-15)17(23)18(32-33)20(34)31-14-8-3-2-7-13(14)21(24,25)26/h2-10H,1H3,(H,31,34). The van der Waals surface area contributed by atoms with Gasteiger partial charge in [-0.3, -0.25) is 4.79 Å². The Morgan fingerprint density at radius 3 is 2.37 bits per heavy atom. The van der Waals surface area contributed by atoms with E-state index in [2.05, 4.69) is 10.1 Å². The van der Waals surface area contributed by atoms with Crippen LogP contribution < -0.4 is 10.1 Å². The van der Waals surface area contributed by atoms with Crippen LogP contribution in [0.1, 0.15) is 21.7 Å². The van der Waals surface area contributed by atoms with Gasteiger partial charge in [0.25, 0.3) is 5.91 Å². The number of ether oxygens (including phenoxy) is 1. The Hall–Kier alpha value is -3.80. The molecule has 0 atom stereocenters. The van der Waals surface area contributed by atoms with Crippen molar-refractivity contribution in [3.63, 3.8) is 0 Å². The van der Waals surface area contributed by atoms with E-state index in [0.717, 1.165) is 18.2 Å². The third-order valence-corrected chi connectivity index (χ3v) is 5.23. The highest BCUT2D eigenvalue weighted by molar-refractivity contribution is 6.37. The van der Waals surface area contributed by atoms with Crippen LogP contribution in [0, 0.1) is 0 Å². The largest absolute Gasteiger partial charge is 0.497 e. The van der Waals surface area contributed by atoms with Gasteiger partial charge in [-0.2, -0.15) is 31.4 Å². The van der Waals surface area contributed by atoms with Gasteiger partial charge in [0.1, 0.15) is 10.8 Å². The summed E-state index contributed by atoms with van der Waals surface area (Å²) in [5.74, 6) is -0.881. The Morgan fingerprint density at radius 2 is 1.71 bits per heavy atom. The number of anilines is 1. The maximum Gasteiger partial charge on any atom is 0.433 e. The van der Waals surface area contributed by atoms with Crippen LogP contribution in [-0.4, -0.2) is 27.6 Å². The minimum absolute atomic E-state index is 0.139. The molecular formula is C22H13ClF6N4O2. The normalized spacial score (nSPS) is 12.1. The lowest BCUT2D eigenvalue weighted by molar-refractivity contribution is -0.142. The van der Waals surface area contributed by atoms with Gasteiger partial charge in [-0.15, -0.1) is 0 Å². The van der Waals surface area contributed by atoms with E-state index in [9.17, 15) is 31.1 Å². The van der Waals surface area contributed by atoms with Crippen LogP contribution in [0.15, 0.2) is 54.6 Å². The number of nitrogens with one attached hydrogen (secondary N) is 1. The highest BCUT2D eigenvalue weighted by Gasteiger charge is 2.37. The van der Waals surface area contributed by atoms with Gasteiger partial charge in [-0.1, -0.05) is 35.9 Å². The summed E-state index contributed by atoms with van der Waals surface area (Å²) in [5.41, 5.74) is -4.17. The number of halogens is 7. The molecule has 0 unspecified atom stereocenters. The number of aromatic nitrogens is 3. The smallest absolute Gasteiger partial charge is 0.433 e. The number of amides is 1. The third kappa shape index (κ3) is 4.74. The number of alkyl halides is 6. The molecule has 0 bridgehead atoms. The lowest BCUT2D eigenvalue weighted by atomic mass is 10.1. The Morgan fingerprint density at radius 1 is 1.00 bits per heavy atom. The van der Waals surface area contributed by atoms with E-state index in [4.69, 9.17) is 16.3 Å². The van der Waals surface area contributed by atoms with Crippen LogP contribution in [0.3, 0.4) is 0 Å². The molecule has 13 heteroatoms. The van der Waals surface area contributed by atoms with Crippen LogP contribution in [0.4, 0.5) is 32.0 Å². The SMILES string of the molecule is COc1cccc(-c2cc(C(F)(F)F)n3nc(C(=O)Nc4ccccc4C(F)(F)F)c(Cl)c3n2)c1. The van der Waals surface area contributed by atoms with Crippen molar-refractivity contribution in [2.45, 2.75) is 12.4 Å². The van der Waals surface area contributed by atoms with E-state index in [1.807, 2.05) is 5.32 Å². The second-order valence-electron chi connectivity index (χ2n) is 7.15. The summed E-state index contributed by atoms with van der Waals surface area (Å²) in [6, 6.07) is 10.9. The molecule has 0 aliphatic heterocycles. The van der Waals surface area contributed by atoms with Gasteiger partial charge >= 0.3 is 12.4 Å². The zero-order valence-corrected chi connectivity index (χ0v) is 18.3. The molecule has 0 saturated carbocycles. The number of benzene rings is 2. The van der Waals surface area contributed by atoms with Crippen LogP contribution >= 0.6 is 11.6 Å². The Bertz CT molecular complexity index is 1430. The predicted octanol–water partition coefficient (Wildman–Crippen LogP) is 6.35. The molecule has 1 N–H and O–H groups in total. The van der Waals surface area contributed by atoms with Gasteiger partial charge in [-0.05, 0) is 30.3 Å². The van der Waals surface area contributed by atoms with Crippen molar-refractivity contribution in [1.82, 2.24) is 14.6 Å². The quantitative estimate of drug-likeness (QED) is 0.322. The number of carbonyl (C=O) groups excluding carboxylic acids is 1. The molecule has 0 aliphatic rings. The number of hydrogen-bond acceptors (Lipinski definition) is 4. The molecule has 4 aromatic rings. The van der Waals surface area contributed by atoms with Crippen molar-refractivity contribution in [3.05, 3.63) is 76.6 Å². The van der Waals surface area contributed by atoms with Gasteiger partial charge < -0.3 is 10.1 Å². The maximum absolute atomic E-state index is 13.9. The number of nitrogens with zero attached hydrogens (tertiary/aromatic N) is 3. The Balaban J connectivity index is 1.84. The molecular weight excluding hydrogens is 502 g/mol. The minimum atomic E-state index is -4.93. The zero-order valence-electron chi connectivity index (χ0n) is 17.5. The molecule has 2 heterocycles. The number of carbonyl (C=O) groups is 1. The molecule has 4 rings (SSSR count).